The van der Waals surface area contributed by atoms with Crippen molar-refractivity contribution in [2.24, 2.45) is 0 Å². The van der Waals surface area contributed by atoms with Crippen molar-refractivity contribution < 1.29 is 108 Å². The predicted octanol–water partition coefficient (Wildman–Crippen LogP) is 16.6. The number of sulfone groups is 3. The van der Waals surface area contributed by atoms with E-state index in [-0.39, 0.29) is 94.4 Å². The number of ether oxygens (including phenoxy) is 1. The van der Waals surface area contributed by atoms with Crippen molar-refractivity contribution in [1.29, 1.82) is 15.8 Å². The molecule has 0 aromatic heterocycles. The van der Waals surface area contributed by atoms with E-state index in [0.717, 1.165) is 98.1 Å². The lowest BCUT2D eigenvalue weighted by Gasteiger charge is -2.36. The first-order valence-corrected chi connectivity index (χ1v) is 41.4. The summed E-state index contributed by atoms with van der Waals surface area (Å²) >= 11 is 4.69. The van der Waals surface area contributed by atoms with Crippen LogP contribution in [-0.4, -0.2) is 105 Å². The fraction of sp³-hybridized carbons (Fsp3) is 0.293. The van der Waals surface area contributed by atoms with Gasteiger partial charge in [0.2, 0.25) is 0 Å². The highest BCUT2D eigenvalue weighted by Crippen LogP contribution is 2.43. The zero-order valence-corrected chi connectivity index (χ0v) is 68.6. The third-order valence-electron chi connectivity index (χ3n) is 15.5. The second-order valence-electron chi connectivity index (χ2n) is 24.6. The molecule has 113 heavy (non-hydrogen) atoms. The molecule has 0 saturated carbocycles. The smallest absolute Gasteiger partial charge is 0.416 e. The van der Waals surface area contributed by atoms with Crippen LogP contribution in [-0.2, 0) is 67.2 Å². The van der Waals surface area contributed by atoms with Crippen molar-refractivity contribution in [2.45, 2.75) is 123 Å². The molecule has 3 heterocycles. The number of nitrogens with zero attached hydrogens (tertiary/aromatic N) is 6. The third-order valence-corrected chi connectivity index (χ3v) is 20.0. The van der Waals surface area contributed by atoms with Crippen LogP contribution in [0.2, 0.25) is 0 Å². The van der Waals surface area contributed by atoms with Crippen LogP contribution in [0.25, 0.3) is 0 Å². The SMILES string of the molecule is C=CCOC(=O)C1=C(C)N(c2cccc(C(F)(F)F)c2)C(=O)N[C@H]1c1ccc(C#N)cc1S(C)(=O)=O.CC(C)I.CC1=C(C(=O)O)[C@H](c2ccc(C#N)cc2S(C)(=O)=O)NC(=O)N1c1cccc(C(F)(F)F)c1.CC1=C(C(=O)O)[C@H](c2ccc(C#N)cc2S(C)(=O)=O)NC(=O)N1c1cccc(C(F)(F)F)c1.CCC.CCCI. The van der Waals surface area contributed by atoms with Gasteiger partial charge < -0.3 is 30.9 Å². The summed E-state index contributed by atoms with van der Waals surface area (Å²) in [5, 5.41) is 54.3. The highest BCUT2D eigenvalue weighted by Gasteiger charge is 2.44. The molecule has 5 N–H and O–H groups in total. The molecule has 0 radical (unpaired) electrons. The molecule has 6 amide bonds. The second-order valence-corrected chi connectivity index (χ2v) is 34.1. The summed E-state index contributed by atoms with van der Waals surface area (Å²) in [4.78, 5) is 77.7. The maximum atomic E-state index is 13.3. The molecule has 0 aliphatic carbocycles. The Morgan fingerprint density at radius 3 is 0.982 bits per heavy atom. The maximum Gasteiger partial charge on any atom is 0.416 e. The number of rotatable bonds is 15. The normalized spacial score (nSPS) is 15.8. The average molecular weight is 1860 g/mol. The van der Waals surface area contributed by atoms with Gasteiger partial charge in [-0.3, -0.25) is 14.7 Å². The van der Waals surface area contributed by atoms with Crippen molar-refractivity contribution in [3.63, 3.8) is 0 Å². The molecule has 38 heteroatoms. The van der Waals surface area contributed by atoms with Crippen LogP contribution in [0.3, 0.4) is 0 Å². The van der Waals surface area contributed by atoms with Crippen LogP contribution in [0.15, 0.2) is 189 Å². The van der Waals surface area contributed by atoms with Crippen LogP contribution in [0, 0.1) is 34.0 Å². The Balaban J connectivity index is 0.000000334. The number of nitriles is 3. The molecule has 0 unspecified atom stereocenters. The molecule has 3 atom stereocenters. The molecule has 0 saturated heterocycles. The Kier molecular flexibility index (Phi) is 33.6. The van der Waals surface area contributed by atoms with Crippen molar-refractivity contribution in [3.8, 4) is 18.2 Å². The average Bonchev–Trinajstić information content (AvgIpc) is 0.760. The van der Waals surface area contributed by atoms with E-state index in [2.05, 4.69) is 102 Å². The number of halogens is 11. The molecule has 24 nitrogen and oxygen atoms in total. The first kappa shape index (κ1) is 95.0. The summed E-state index contributed by atoms with van der Waals surface area (Å²) in [5.41, 5.74) is -5.41. The fourth-order valence-corrected chi connectivity index (χ4v) is 13.7. The van der Waals surface area contributed by atoms with E-state index in [4.69, 9.17) is 15.3 Å². The van der Waals surface area contributed by atoms with E-state index >= 15 is 0 Å². The number of carbonyl (C=O) groups excluding carboxylic acids is 4. The zero-order chi connectivity index (χ0) is 86.0. The lowest BCUT2D eigenvalue weighted by Crippen LogP contribution is -2.48. The summed E-state index contributed by atoms with van der Waals surface area (Å²) in [6.07, 6.45) is -7.58. The van der Waals surface area contributed by atoms with Crippen LogP contribution in [0.1, 0.15) is 136 Å². The van der Waals surface area contributed by atoms with Crippen molar-refractivity contribution in [2.75, 3.05) is 44.5 Å². The number of carboxylic acid groups (broad SMARTS) is 2. The van der Waals surface area contributed by atoms with E-state index in [1.807, 2.05) is 6.07 Å². The first-order chi connectivity index (χ1) is 52.4. The van der Waals surface area contributed by atoms with E-state index in [9.17, 15) is 109 Å². The van der Waals surface area contributed by atoms with Gasteiger partial charge in [-0.25, -0.2) is 54.0 Å². The largest absolute Gasteiger partial charge is 0.478 e. The Labute approximate surface area is 673 Å². The number of aliphatic carboxylic acids is 2. The number of nitrogens with one attached hydrogen (secondary N) is 3. The molecule has 0 spiro atoms. The van der Waals surface area contributed by atoms with Crippen molar-refractivity contribution in [1.82, 2.24) is 16.0 Å². The maximum absolute atomic E-state index is 13.3. The van der Waals surface area contributed by atoms with Crippen molar-refractivity contribution >= 4 is 128 Å². The van der Waals surface area contributed by atoms with Gasteiger partial charge in [0.05, 0.1) is 118 Å². The van der Waals surface area contributed by atoms with Gasteiger partial charge in [0, 0.05) is 39.8 Å². The molecule has 3 aliphatic rings. The molecule has 0 bridgehead atoms. The number of carboxylic acids is 2. The topological polar surface area (TPSA) is 372 Å². The van der Waals surface area contributed by atoms with Gasteiger partial charge in [-0.15, -0.1) is 0 Å². The number of anilines is 3. The Morgan fingerprint density at radius 1 is 0.522 bits per heavy atom. The third kappa shape index (κ3) is 24.8. The molecule has 9 rings (SSSR count). The van der Waals surface area contributed by atoms with Crippen LogP contribution < -0.4 is 30.7 Å². The number of allylic oxidation sites excluding steroid dienone is 3. The number of benzene rings is 6. The molecular formula is C75H74F9I2N9O15S3. The summed E-state index contributed by atoms with van der Waals surface area (Å²) in [7, 11) is -11.8. The fourth-order valence-electron chi connectivity index (χ4n) is 10.8. The molecular weight excluding hydrogens is 1790 g/mol. The standard InChI is InChI=1S/C24H20F3N3O5S.2C21H16F3N3O5S.2C3H7I.C3H8/c1-4-10-35-22(31)20-14(2)30(17-7-5-6-16(12-17)24(25,26)27)23(32)29-21(20)18-9-8-15(13-28)11-19(18)36(3,33)34;2*1-11-17(19(28)29)18(15-7-6-12(10-25)8-16(15)33(2,31)32)26-20(30)27(11)14-5-3-4-13(9-14)21(22,23)24;1-3(2)4;1-2-3-4;1-3-2/h4-9,11-12,21H,1,10H2,2-3H3,(H,29,32);2*3-9,18H,1-2H3,(H,26,30)(H,28,29);3H,1-2H3;2-3H2,1H3;3H2,1-2H3/t21-;2*18-;;;/m000.../s1. The van der Waals surface area contributed by atoms with Gasteiger partial charge >= 0.3 is 54.5 Å². The van der Waals surface area contributed by atoms with E-state index < -0.39 is 130 Å². The number of alkyl halides is 11. The zero-order valence-electron chi connectivity index (χ0n) is 61.8. The number of esters is 1. The molecule has 6 aromatic rings. The quantitative estimate of drug-likeness (QED) is 0.0210. The minimum absolute atomic E-state index is 0.00415. The molecule has 0 fully saturated rings. The van der Waals surface area contributed by atoms with E-state index in [0.29, 0.717) is 12.1 Å². The van der Waals surface area contributed by atoms with Gasteiger partial charge in [-0.1, -0.05) is 135 Å². The number of urea groups is 3. The summed E-state index contributed by atoms with van der Waals surface area (Å²) < 4.78 is 200. The highest BCUT2D eigenvalue weighted by atomic mass is 127. The van der Waals surface area contributed by atoms with Gasteiger partial charge in [0.1, 0.15) is 6.61 Å². The van der Waals surface area contributed by atoms with Crippen LogP contribution in [0.4, 0.5) is 71.0 Å². The first-order valence-electron chi connectivity index (χ1n) is 33.0. The van der Waals surface area contributed by atoms with Gasteiger partial charge in [-0.05, 0) is 139 Å². The lowest BCUT2D eigenvalue weighted by atomic mass is 9.93. The Hall–Kier alpha value is -10.4. The van der Waals surface area contributed by atoms with Gasteiger partial charge in [-0.2, -0.15) is 55.3 Å². The van der Waals surface area contributed by atoms with Gasteiger partial charge in [0.25, 0.3) is 0 Å². The summed E-state index contributed by atoms with van der Waals surface area (Å²) in [6, 6.07) is 20.7. The minimum Gasteiger partial charge on any atom is -0.478 e. The van der Waals surface area contributed by atoms with Crippen LogP contribution >= 0.6 is 45.2 Å². The highest BCUT2D eigenvalue weighted by molar-refractivity contribution is 14.1. The number of hydrogen-bond donors (Lipinski definition) is 5. The second kappa shape index (κ2) is 39.9. The Bertz CT molecular complexity index is 5040. The van der Waals surface area contributed by atoms with Crippen molar-refractivity contribution in [3.05, 3.63) is 224 Å². The van der Waals surface area contributed by atoms with E-state index in [1.54, 1.807) is 12.1 Å². The van der Waals surface area contributed by atoms with Gasteiger partial charge in [0.15, 0.2) is 29.5 Å². The number of amides is 6. The summed E-state index contributed by atoms with van der Waals surface area (Å²) in [6.45, 7) is 17.8. The number of carbonyl (C=O) groups is 6. The molecule has 3 aliphatic heterocycles. The molecule has 604 valence electrons. The monoisotopic (exact) mass is 1860 g/mol. The Morgan fingerprint density at radius 2 is 0.770 bits per heavy atom. The minimum atomic E-state index is -4.69. The summed E-state index contributed by atoms with van der Waals surface area (Å²) in [5.74, 6) is -3.98. The lowest BCUT2D eigenvalue weighted by molar-refractivity contribution is -0.139. The van der Waals surface area contributed by atoms with Crippen LogP contribution in [0.5, 0.6) is 0 Å². The molecule has 6 aromatic carbocycles. The van der Waals surface area contributed by atoms with E-state index in [1.165, 1.54) is 98.7 Å². The predicted molar refractivity (Wildman–Crippen MR) is 417 cm³/mol. The number of hydrogen-bond acceptors (Lipinski definition) is 16.